The minimum atomic E-state index is -0.702. The standard InChI is InChI=1S/C13H13NO3/c1-17-7-2-3-12-9(4-7)11(6-14-12)8-5-10(8)13(15)16/h2-4,6,8,10,14H,5H2,1H3,(H,15,16). The number of ether oxygens (including phenoxy) is 1. The summed E-state index contributed by atoms with van der Waals surface area (Å²) in [6.07, 6.45) is 2.65. The number of H-pyrrole nitrogens is 1. The second kappa shape index (κ2) is 3.52. The van der Waals surface area contributed by atoms with Crippen molar-refractivity contribution in [2.75, 3.05) is 7.11 Å². The van der Waals surface area contributed by atoms with Crippen molar-refractivity contribution in [3.63, 3.8) is 0 Å². The smallest absolute Gasteiger partial charge is 0.307 e. The maximum atomic E-state index is 10.9. The lowest BCUT2D eigenvalue weighted by Crippen LogP contribution is -1.98. The summed E-state index contributed by atoms with van der Waals surface area (Å²) in [4.78, 5) is 14.1. The van der Waals surface area contributed by atoms with Crippen molar-refractivity contribution in [2.45, 2.75) is 12.3 Å². The quantitative estimate of drug-likeness (QED) is 0.852. The van der Waals surface area contributed by atoms with Crippen LogP contribution < -0.4 is 4.74 Å². The van der Waals surface area contributed by atoms with Crippen LogP contribution in [-0.2, 0) is 4.79 Å². The van der Waals surface area contributed by atoms with E-state index in [1.807, 2.05) is 24.4 Å². The third-order valence-electron chi connectivity index (χ3n) is 3.43. The Morgan fingerprint density at radius 3 is 3.00 bits per heavy atom. The van der Waals surface area contributed by atoms with E-state index in [0.29, 0.717) is 0 Å². The fraction of sp³-hybridized carbons (Fsp3) is 0.308. The molecule has 1 saturated carbocycles. The molecule has 0 aliphatic heterocycles. The Balaban J connectivity index is 2.03. The van der Waals surface area contributed by atoms with Gasteiger partial charge in [0.05, 0.1) is 13.0 Å². The van der Waals surface area contributed by atoms with Gasteiger partial charge in [-0.05, 0) is 30.2 Å². The highest BCUT2D eigenvalue weighted by Gasteiger charge is 2.45. The molecule has 1 aromatic carbocycles. The summed E-state index contributed by atoms with van der Waals surface area (Å²) < 4.78 is 5.19. The highest BCUT2D eigenvalue weighted by molar-refractivity contribution is 5.87. The molecule has 0 amide bonds. The number of methoxy groups -OCH3 is 1. The first-order valence-electron chi connectivity index (χ1n) is 5.58. The minimum absolute atomic E-state index is 0.147. The molecule has 4 heteroatoms. The summed E-state index contributed by atoms with van der Waals surface area (Å²) >= 11 is 0. The van der Waals surface area contributed by atoms with Gasteiger partial charge in [0.2, 0.25) is 0 Å². The first-order valence-corrected chi connectivity index (χ1v) is 5.58. The molecule has 2 unspecified atom stereocenters. The van der Waals surface area contributed by atoms with Crippen LogP contribution in [0.1, 0.15) is 17.9 Å². The van der Waals surface area contributed by atoms with E-state index in [2.05, 4.69) is 4.98 Å². The summed E-state index contributed by atoms with van der Waals surface area (Å²) in [5.74, 6) is 0.0201. The van der Waals surface area contributed by atoms with Crippen molar-refractivity contribution in [2.24, 2.45) is 5.92 Å². The summed E-state index contributed by atoms with van der Waals surface area (Å²) in [5, 5.41) is 10.0. The van der Waals surface area contributed by atoms with E-state index in [1.165, 1.54) is 0 Å². The van der Waals surface area contributed by atoms with Crippen LogP contribution in [0.2, 0.25) is 0 Å². The van der Waals surface area contributed by atoms with E-state index in [-0.39, 0.29) is 11.8 Å². The number of nitrogens with one attached hydrogen (secondary N) is 1. The van der Waals surface area contributed by atoms with Crippen LogP contribution in [0.3, 0.4) is 0 Å². The molecule has 17 heavy (non-hydrogen) atoms. The average Bonchev–Trinajstić information content (AvgIpc) is 3.02. The Hall–Kier alpha value is -1.97. The minimum Gasteiger partial charge on any atom is -0.497 e. The van der Waals surface area contributed by atoms with Crippen LogP contribution in [-0.4, -0.2) is 23.2 Å². The number of hydrogen-bond donors (Lipinski definition) is 2. The summed E-state index contributed by atoms with van der Waals surface area (Å²) in [6.45, 7) is 0. The second-order valence-electron chi connectivity index (χ2n) is 4.44. The first kappa shape index (κ1) is 10.2. The molecule has 2 atom stereocenters. The number of carbonyl (C=O) groups is 1. The lowest BCUT2D eigenvalue weighted by atomic mass is 10.1. The number of hydrogen-bond acceptors (Lipinski definition) is 2. The van der Waals surface area contributed by atoms with E-state index in [0.717, 1.165) is 28.6 Å². The van der Waals surface area contributed by atoms with Gasteiger partial charge in [-0.3, -0.25) is 4.79 Å². The van der Waals surface area contributed by atoms with Crippen LogP contribution >= 0.6 is 0 Å². The normalized spacial score (nSPS) is 22.6. The zero-order valence-corrected chi connectivity index (χ0v) is 9.43. The van der Waals surface area contributed by atoms with Gasteiger partial charge in [-0.1, -0.05) is 0 Å². The van der Waals surface area contributed by atoms with Crippen LogP contribution in [0.5, 0.6) is 5.75 Å². The molecule has 0 spiro atoms. The zero-order chi connectivity index (χ0) is 12.0. The van der Waals surface area contributed by atoms with Crippen LogP contribution in [0, 0.1) is 5.92 Å². The summed E-state index contributed by atoms with van der Waals surface area (Å²) in [5.41, 5.74) is 2.11. The number of rotatable bonds is 3. The predicted molar refractivity (Wildman–Crippen MR) is 63.3 cm³/mol. The monoisotopic (exact) mass is 231 g/mol. The Morgan fingerprint density at radius 1 is 1.53 bits per heavy atom. The van der Waals surface area contributed by atoms with Gasteiger partial charge in [0, 0.05) is 23.0 Å². The molecular weight excluding hydrogens is 218 g/mol. The molecule has 2 N–H and O–H groups in total. The van der Waals surface area contributed by atoms with Gasteiger partial charge in [-0.2, -0.15) is 0 Å². The Labute approximate surface area is 98.2 Å². The highest BCUT2D eigenvalue weighted by Crippen LogP contribution is 2.49. The number of benzene rings is 1. The molecule has 0 saturated heterocycles. The van der Waals surface area contributed by atoms with E-state index in [9.17, 15) is 4.79 Å². The van der Waals surface area contributed by atoms with E-state index in [1.54, 1.807) is 7.11 Å². The molecule has 1 aromatic heterocycles. The molecule has 2 aromatic rings. The maximum absolute atomic E-state index is 10.9. The van der Waals surface area contributed by atoms with Gasteiger partial charge in [-0.15, -0.1) is 0 Å². The second-order valence-corrected chi connectivity index (χ2v) is 4.44. The van der Waals surface area contributed by atoms with Gasteiger partial charge < -0.3 is 14.8 Å². The fourth-order valence-electron chi connectivity index (χ4n) is 2.37. The number of carboxylic acid groups (broad SMARTS) is 1. The van der Waals surface area contributed by atoms with Gasteiger partial charge in [-0.25, -0.2) is 0 Å². The number of aliphatic carboxylic acids is 1. The zero-order valence-electron chi connectivity index (χ0n) is 9.43. The Kier molecular flexibility index (Phi) is 2.11. The highest BCUT2D eigenvalue weighted by atomic mass is 16.5. The van der Waals surface area contributed by atoms with Crippen molar-refractivity contribution in [3.05, 3.63) is 30.0 Å². The Bertz CT molecular complexity index is 587. The average molecular weight is 231 g/mol. The summed E-state index contributed by atoms with van der Waals surface area (Å²) in [6, 6.07) is 5.80. The van der Waals surface area contributed by atoms with E-state index in [4.69, 9.17) is 9.84 Å². The third-order valence-corrected chi connectivity index (χ3v) is 3.43. The van der Waals surface area contributed by atoms with Gasteiger partial charge >= 0.3 is 5.97 Å². The molecule has 3 rings (SSSR count). The topological polar surface area (TPSA) is 62.3 Å². The van der Waals surface area contributed by atoms with Crippen molar-refractivity contribution >= 4 is 16.9 Å². The molecular formula is C13H13NO3. The number of carboxylic acids is 1. The van der Waals surface area contributed by atoms with Gasteiger partial charge in [0.25, 0.3) is 0 Å². The number of aromatic nitrogens is 1. The molecule has 0 radical (unpaired) electrons. The molecule has 1 aliphatic rings. The van der Waals surface area contributed by atoms with Crippen LogP contribution in [0.25, 0.3) is 10.9 Å². The van der Waals surface area contributed by atoms with Crippen molar-refractivity contribution in [1.82, 2.24) is 4.98 Å². The van der Waals surface area contributed by atoms with E-state index >= 15 is 0 Å². The third kappa shape index (κ3) is 1.56. The van der Waals surface area contributed by atoms with Gasteiger partial charge in [0.1, 0.15) is 5.75 Å². The molecule has 1 heterocycles. The number of aromatic amines is 1. The predicted octanol–water partition coefficient (Wildman–Crippen LogP) is 2.36. The molecule has 0 bridgehead atoms. The first-order chi connectivity index (χ1) is 8.20. The van der Waals surface area contributed by atoms with E-state index < -0.39 is 5.97 Å². The maximum Gasteiger partial charge on any atom is 0.307 e. The number of fused-ring (bicyclic) bond motifs is 1. The molecule has 1 fully saturated rings. The van der Waals surface area contributed by atoms with Gasteiger partial charge in [0.15, 0.2) is 0 Å². The molecule has 88 valence electrons. The van der Waals surface area contributed by atoms with Crippen molar-refractivity contribution in [3.8, 4) is 5.75 Å². The Morgan fingerprint density at radius 2 is 2.35 bits per heavy atom. The summed E-state index contributed by atoms with van der Waals surface area (Å²) in [7, 11) is 1.63. The SMILES string of the molecule is COc1ccc2[nH]cc(C3CC3C(=O)O)c2c1. The lowest BCUT2D eigenvalue weighted by Gasteiger charge is -2.01. The fourth-order valence-corrected chi connectivity index (χ4v) is 2.37. The molecule has 1 aliphatic carbocycles. The van der Waals surface area contributed by atoms with Crippen molar-refractivity contribution in [1.29, 1.82) is 0 Å². The molecule has 4 nitrogen and oxygen atoms in total. The van der Waals surface area contributed by atoms with Crippen LogP contribution in [0.4, 0.5) is 0 Å². The van der Waals surface area contributed by atoms with Crippen molar-refractivity contribution < 1.29 is 14.6 Å². The lowest BCUT2D eigenvalue weighted by molar-refractivity contribution is -0.138. The van der Waals surface area contributed by atoms with Crippen LogP contribution in [0.15, 0.2) is 24.4 Å². The largest absolute Gasteiger partial charge is 0.497 e.